The molecule has 0 atom stereocenters. The first-order chi connectivity index (χ1) is 14.9. The Bertz CT molecular complexity index is 749. The zero-order valence-electron chi connectivity index (χ0n) is 22.9. The van der Waals surface area contributed by atoms with Crippen LogP contribution < -0.4 is 11.1 Å². The lowest BCUT2D eigenvalue weighted by molar-refractivity contribution is -0.371. The summed E-state index contributed by atoms with van der Waals surface area (Å²) < 4.78 is 8.80. The normalized spacial score (nSPS) is 13.9. The van der Waals surface area contributed by atoms with E-state index in [1.54, 1.807) is 27.7 Å². The number of nitrogens with one attached hydrogen (secondary N) is 1. The van der Waals surface area contributed by atoms with Crippen LogP contribution in [-0.2, 0) is 28.7 Å². The minimum atomic E-state index is -0.516. The van der Waals surface area contributed by atoms with Crippen molar-refractivity contribution < 1.29 is 34.4 Å². The second-order valence-corrected chi connectivity index (χ2v) is 10.4. The molecule has 34 heavy (non-hydrogen) atoms. The molecule has 0 spiro atoms. The molecule has 0 unspecified atom stereocenters. The van der Waals surface area contributed by atoms with Crippen LogP contribution in [0.4, 0.5) is 0 Å². The maximum atomic E-state index is 11.7. The molecule has 0 aromatic heterocycles. The van der Waals surface area contributed by atoms with Crippen molar-refractivity contribution in [2.24, 2.45) is 10.8 Å². The van der Waals surface area contributed by atoms with E-state index in [-0.39, 0.29) is 35.3 Å². The third-order valence-corrected chi connectivity index (χ3v) is 4.84. The van der Waals surface area contributed by atoms with E-state index in [4.69, 9.17) is 0 Å². The van der Waals surface area contributed by atoms with Crippen molar-refractivity contribution in [3.8, 4) is 0 Å². The fraction of sp³-hybridized carbons (Fsp3) is 0.680. The smallest absolute Gasteiger partial charge is 0.342 e. The molecule has 0 radical (unpaired) electrons. The number of quaternary nitrogens is 1. The van der Waals surface area contributed by atoms with E-state index >= 15 is 0 Å². The standard InChI is InChI=1S/C13H23NO3.C6H15N.C6H6O3.HI/c1-9(10(2)12(16)17-6)11(15)14-8-7-13(3,4)5;1-6(2,3)4-5-7;1-3-4(2)6(8)9-5(3)7;/h7-8H2,1-6H3,(H,14,15);4-5,7H2,1-3H3;1-2H3;1H/p+1. The van der Waals surface area contributed by atoms with Crippen molar-refractivity contribution in [1.29, 1.82) is 0 Å². The number of amides is 1. The van der Waals surface area contributed by atoms with Crippen molar-refractivity contribution in [3.05, 3.63) is 22.3 Å². The van der Waals surface area contributed by atoms with Crippen LogP contribution in [0.25, 0.3) is 0 Å². The summed E-state index contributed by atoms with van der Waals surface area (Å²) in [5, 5.41) is 2.79. The maximum Gasteiger partial charge on any atom is 0.342 e. The van der Waals surface area contributed by atoms with Crippen molar-refractivity contribution in [2.75, 3.05) is 20.2 Å². The number of hydrogen-bond acceptors (Lipinski definition) is 6. The quantitative estimate of drug-likeness (QED) is 0.215. The monoisotopic (exact) mass is 597 g/mol. The van der Waals surface area contributed by atoms with Gasteiger partial charge in [0.1, 0.15) is 0 Å². The van der Waals surface area contributed by atoms with Crippen molar-refractivity contribution in [1.82, 2.24) is 5.32 Å². The molecule has 0 aromatic rings. The van der Waals surface area contributed by atoms with Gasteiger partial charge in [-0.25, -0.2) is 14.4 Å². The predicted octanol–water partition coefficient (Wildman–Crippen LogP) is 3.74. The molecule has 0 aromatic carbocycles. The molecule has 1 rings (SSSR count). The van der Waals surface area contributed by atoms with E-state index in [9.17, 15) is 19.2 Å². The maximum absolute atomic E-state index is 11.7. The van der Waals surface area contributed by atoms with Gasteiger partial charge in [-0.1, -0.05) is 41.5 Å². The zero-order valence-corrected chi connectivity index (χ0v) is 25.2. The van der Waals surface area contributed by atoms with Gasteiger partial charge in [0.05, 0.1) is 13.7 Å². The molecule has 0 saturated heterocycles. The molecule has 9 heteroatoms. The van der Waals surface area contributed by atoms with E-state index in [0.717, 1.165) is 13.0 Å². The minimum Gasteiger partial charge on any atom is -0.466 e. The molecule has 0 bridgehead atoms. The van der Waals surface area contributed by atoms with Crippen LogP contribution in [-0.4, -0.2) is 44.0 Å². The van der Waals surface area contributed by atoms with E-state index in [1.807, 2.05) is 0 Å². The van der Waals surface area contributed by atoms with E-state index in [2.05, 4.69) is 62.1 Å². The van der Waals surface area contributed by atoms with Crippen LogP contribution >= 0.6 is 24.0 Å². The Balaban J connectivity index is -0.000000472. The first-order valence-electron chi connectivity index (χ1n) is 11.1. The fourth-order valence-corrected chi connectivity index (χ4v) is 2.23. The molecular formula is C25H46IN2O6+. The summed E-state index contributed by atoms with van der Waals surface area (Å²) in [7, 11) is 1.30. The van der Waals surface area contributed by atoms with E-state index in [1.165, 1.54) is 13.5 Å². The highest BCUT2D eigenvalue weighted by molar-refractivity contribution is 14.0. The SMILES string of the molecule is CC(C)(C)CC[NH3+].CC1=C(C)C(=O)OC1=O.COC(=O)C(C)=C(C)C(=O)NCCC(C)(C)C.I. The van der Waals surface area contributed by atoms with Crippen molar-refractivity contribution in [2.45, 2.75) is 82.1 Å². The molecule has 1 heterocycles. The van der Waals surface area contributed by atoms with Gasteiger partial charge in [0.15, 0.2) is 0 Å². The summed E-state index contributed by atoms with van der Waals surface area (Å²) in [6.07, 6.45) is 2.12. The van der Waals surface area contributed by atoms with Gasteiger partial charge >= 0.3 is 17.9 Å². The average Bonchev–Trinajstić information content (AvgIpc) is 2.90. The van der Waals surface area contributed by atoms with Gasteiger partial charge in [-0.05, 0) is 44.9 Å². The Labute approximate surface area is 222 Å². The van der Waals surface area contributed by atoms with Gasteiger partial charge in [-0.2, -0.15) is 0 Å². The molecule has 1 aliphatic heterocycles. The minimum absolute atomic E-state index is 0. The van der Waals surface area contributed by atoms with Crippen LogP contribution in [0.5, 0.6) is 0 Å². The molecule has 1 aliphatic rings. The number of carbonyl (C=O) groups is 4. The van der Waals surface area contributed by atoms with Gasteiger partial charge in [0.25, 0.3) is 0 Å². The Morgan fingerprint density at radius 2 is 1.29 bits per heavy atom. The van der Waals surface area contributed by atoms with Crippen molar-refractivity contribution >= 4 is 47.8 Å². The summed E-state index contributed by atoms with van der Waals surface area (Å²) >= 11 is 0. The van der Waals surface area contributed by atoms with Crippen LogP contribution in [0.15, 0.2) is 22.3 Å². The van der Waals surface area contributed by atoms with E-state index in [0.29, 0.717) is 34.3 Å². The topological polar surface area (TPSA) is 126 Å². The molecular weight excluding hydrogens is 551 g/mol. The Kier molecular flexibility index (Phi) is 18.2. The second-order valence-electron chi connectivity index (χ2n) is 10.4. The lowest BCUT2D eigenvalue weighted by atomic mass is 9.92. The molecule has 1 amide bonds. The number of rotatable bonds is 5. The largest absolute Gasteiger partial charge is 0.466 e. The molecule has 198 valence electrons. The summed E-state index contributed by atoms with van der Waals surface area (Å²) in [6.45, 7) is 21.1. The zero-order chi connectivity index (χ0) is 26.6. The van der Waals surface area contributed by atoms with Gasteiger partial charge in [-0.3, -0.25) is 4.79 Å². The number of ether oxygens (including phenoxy) is 2. The Morgan fingerprint density at radius 1 is 0.882 bits per heavy atom. The average molecular weight is 598 g/mol. The summed E-state index contributed by atoms with van der Waals surface area (Å²) in [5.41, 5.74) is 6.03. The lowest BCUT2D eigenvalue weighted by Gasteiger charge is -2.18. The molecule has 8 nitrogen and oxygen atoms in total. The molecule has 0 saturated carbocycles. The molecule has 0 aliphatic carbocycles. The third-order valence-electron chi connectivity index (χ3n) is 4.84. The van der Waals surface area contributed by atoms with Gasteiger partial charge in [0.2, 0.25) is 5.91 Å². The molecule has 0 fully saturated rings. The Hall–Kier alpha value is -1.75. The van der Waals surface area contributed by atoms with Gasteiger partial charge in [-0.15, -0.1) is 24.0 Å². The highest BCUT2D eigenvalue weighted by Crippen LogP contribution is 2.17. The van der Waals surface area contributed by atoms with Crippen LogP contribution in [0.3, 0.4) is 0 Å². The van der Waals surface area contributed by atoms with Crippen LogP contribution in [0, 0.1) is 10.8 Å². The first-order valence-corrected chi connectivity index (χ1v) is 11.1. The van der Waals surface area contributed by atoms with Gasteiger partial charge < -0.3 is 20.5 Å². The Morgan fingerprint density at radius 3 is 1.53 bits per heavy atom. The lowest BCUT2D eigenvalue weighted by Crippen LogP contribution is -2.51. The summed E-state index contributed by atoms with van der Waals surface area (Å²) in [6, 6.07) is 0. The summed E-state index contributed by atoms with van der Waals surface area (Å²) in [4.78, 5) is 43.9. The summed E-state index contributed by atoms with van der Waals surface area (Å²) in [5.74, 6) is -1.71. The number of methoxy groups -OCH3 is 1. The van der Waals surface area contributed by atoms with E-state index < -0.39 is 17.9 Å². The highest BCUT2D eigenvalue weighted by atomic mass is 127. The number of halogens is 1. The molecule has 4 N–H and O–H groups in total. The van der Waals surface area contributed by atoms with Crippen LogP contribution in [0.2, 0.25) is 0 Å². The number of carbonyl (C=O) groups excluding carboxylic acids is 4. The van der Waals surface area contributed by atoms with Crippen LogP contribution in [0.1, 0.15) is 82.1 Å². The van der Waals surface area contributed by atoms with Crippen molar-refractivity contribution in [3.63, 3.8) is 0 Å². The highest BCUT2D eigenvalue weighted by Gasteiger charge is 2.25. The van der Waals surface area contributed by atoms with Gasteiger partial charge in [0, 0.05) is 35.3 Å². The predicted molar refractivity (Wildman–Crippen MR) is 144 cm³/mol. The fourth-order valence-electron chi connectivity index (χ4n) is 2.23. The number of hydrogen-bond donors (Lipinski definition) is 2. The second kappa shape index (κ2) is 16.8. The third kappa shape index (κ3) is 16.8. The first kappa shape index (κ1) is 36.8. The number of cyclic esters (lactones) is 2. The number of esters is 3.